The maximum absolute atomic E-state index is 7.99. The molecular formula is C33H44O3Si4. The summed E-state index contributed by atoms with van der Waals surface area (Å²) in [6.45, 7) is 13.8. The number of benzene rings is 4. The predicted octanol–water partition coefficient (Wildman–Crippen LogP) is 6.39. The normalized spacial score (nSPS) is 12.8. The molecule has 0 heterocycles. The van der Waals surface area contributed by atoms with Crippen LogP contribution in [0.1, 0.15) is 20.3 Å². The third-order valence-corrected chi connectivity index (χ3v) is 24.2. The summed E-state index contributed by atoms with van der Waals surface area (Å²) in [5.41, 5.74) is 0. The van der Waals surface area contributed by atoms with Crippen molar-refractivity contribution < 1.29 is 12.3 Å². The zero-order valence-electron chi connectivity index (χ0n) is 24.9. The molecule has 7 heteroatoms. The molecular weight excluding hydrogens is 557 g/mol. The predicted molar refractivity (Wildman–Crippen MR) is 180 cm³/mol. The van der Waals surface area contributed by atoms with Crippen LogP contribution in [0.15, 0.2) is 121 Å². The molecule has 0 N–H and O–H groups in total. The molecule has 4 aromatic rings. The maximum atomic E-state index is 7.99. The van der Waals surface area contributed by atoms with Crippen LogP contribution in [0.4, 0.5) is 0 Å². The summed E-state index contributed by atoms with van der Waals surface area (Å²) in [5.74, 6) is 0. The summed E-state index contributed by atoms with van der Waals surface area (Å²) in [5, 5.41) is 4.50. The summed E-state index contributed by atoms with van der Waals surface area (Å²) in [4.78, 5) is 0. The summed E-state index contributed by atoms with van der Waals surface area (Å²) < 4.78 is 23.1. The highest BCUT2D eigenvalue weighted by Gasteiger charge is 2.57. The van der Waals surface area contributed by atoms with Crippen LogP contribution >= 0.6 is 0 Å². The fourth-order valence-corrected chi connectivity index (χ4v) is 23.3. The Morgan fingerprint density at radius 2 is 0.725 bits per heavy atom. The molecule has 0 spiro atoms. The molecule has 0 aliphatic rings. The van der Waals surface area contributed by atoms with Gasteiger partial charge in [0.15, 0.2) is 16.6 Å². The molecule has 0 fully saturated rings. The lowest BCUT2D eigenvalue weighted by atomic mass is 10.4. The molecule has 0 unspecified atom stereocenters. The van der Waals surface area contributed by atoms with Crippen molar-refractivity contribution in [2.24, 2.45) is 0 Å². The Bertz CT molecular complexity index is 1240. The smallest absolute Gasteiger partial charge is 0.388 e. The Labute approximate surface area is 245 Å². The Morgan fingerprint density at radius 1 is 0.425 bits per heavy atom. The van der Waals surface area contributed by atoms with Crippen LogP contribution in [0.25, 0.3) is 0 Å². The van der Waals surface area contributed by atoms with Crippen LogP contribution < -0.4 is 20.7 Å². The minimum atomic E-state index is -3.31. The summed E-state index contributed by atoms with van der Waals surface area (Å²) >= 11 is 0. The first-order valence-corrected chi connectivity index (χ1v) is 24.4. The van der Waals surface area contributed by atoms with E-state index in [1.54, 1.807) is 0 Å². The Hall–Kier alpha value is -2.37. The average molecular weight is 601 g/mol. The summed E-state index contributed by atoms with van der Waals surface area (Å²) in [6.07, 6.45) is 1.08. The van der Waals surface area contributed by atoms with E-state index in [1.165, 1.54) is 0 Å². The molecule has 40 heavy (non-hydrogen) atoms. The second kappa shape index (κ2) is 13.1. The second-order valence-electron chi connectivity index (χ2n) is 11.6. The zero-order chi connectivity index (χ0) is 28.7. The van der Waals surface area contributed by atoms with E-state index in [-0.39, 0.29) is 0 Å². The fourth-order valence-electron chi connectivity index (χ4n) is 5.18. The molecule has 0 bridgehead atoms. The van der Waals surface area contributed by atoms with E-state index in [1.807, 2.05) is 0 Å². The van der Waals surface area contributed by atoms with Crippen LogP contribution in [0.3, 0.4) is 0 Å². The molecule has 0 saturated heterocycles. The van der Waals surface area contributed by atoms with Gasteiger partial charge in [0.2, 0.25) is 0 Å². The molecule has 0 amide bonds. The van der Waals surface area contributed by atoms with E-state index in [2.05, 4.69) is 161 Å². The highest BCUT2D eigenvalue weighted by Crippen LogP contribution is 2.28. The van der Waals surface area contributed by atoms with Gasteiger partial charge < -0.3 is 12.3 Å². The fraction of sp³-hybridized carbons (Fsp3) is 0.273. The molecule has 0 aliphatic heterocycles. The molecule has 0 radical (unpaired) electrons. The molecule has 0 saturated carbocycles. The average Bonchev–Trinajstić information content (AvgIpc) is 2.98. The number of hydrogen-bond donors (Lipinski definition) is 0. The third-order valence-electron chi connectivity index (χ3n) is 7.45. The molecule has 0 atom stereocenters. The lowest BCUT2D eigenvalue weighted by Crippen LogP contribution is -2.78. The zero-order valence-corrected chi connectivity index (χ0v) is 28.9. The van der Waals surface area contributed by atoms with Gasteiger partial charge >= 0.3 is 17.1 Å². The Balaban J connectivity index is 2.10. The minimum absolute atomic E-state index is 0.993. The maximum Gasteiger partial charge on any atom is 0.388 e. The van der Waals surface area contributed by atoms with Crippen LogP contribution in [-0.4, -0.2) is 33.8 Å². The third kappa shape index (κ3) is 6.91. The van der Waals surface area contributed by atoms with Gasteiger partial charge in [-0.2, -0.15) is 0 Å². The summed E-state index contributed by atoms with van der Waals surface area (Å²) in [6, 6.07) is 44.8. The molecule has 210 valence electrons. The van der Waals surface area contributed by atoms with Crippen LogP contribution in [0.5, 0.6) is 0 Å². The lowest BCUT2D eigenvalue weighted by molar-refractivity contribution is 0.352. The first-order chi connectivity index (χ1) is 19.2. The highest BCUT2D eigenvalue weighted by atomic mass is 28.5. The van der Waals surface area contributed by atoms with Crippen molar-refractivity contribution in [1.29, 1.82) is 0 Å². The van der Waals surface area contributed by atoms with Crippen molar-refractivity contribution in [1.82, 2.24) is 0 Å². The molecule has 0 aliphatic carbocycles. The van der Waals surface area contributed by atoms with E-state index in [9.17, 15) is 0 Å². The standard InChI is InChI=1S/C33H44O3Si4/c1-7-29-38(5,6)35-40(32-25-17-11-18-26-32,33-27-19-12-20-28-33)36-39(34-37(3,4)8-2,30-21-13-9-14-22-30)31-23-15-10-16-24-31/h9-28H,7-8,29H2,1-6H3. The van der Waals surface area contributed by atoms with Crippen LogP contribution in [0.2, 0.25) is 38.3 Å². The van der Waals surface area contributed by atoms with Crippen molar-refractivity contribution in [3.05, 3.63) is 121 Å². The first kappa shape index (κ1) is 30.6. The topological polar surface area (TPSA) is 27.7 Å². The van der Waals surface area contributed by atoms with E-state index in [0.29, 0.717) is 0 Å². The van der Waals surface area contributed by atoms with Gasteiger partial charge in [0, 0.05) is 0 Å². The van der Waals surface area contributed by atoms with Gasteiger partial charge in [-0.3, -0.25) is 0 Å². The van der Waals surface area contributed by atoms with Crippen molar-refractivity contribution in [2.45, 2.75) is 58.5 Å². The largest absolute Gasteiger partial charge is 0.430 e. The van der Waals surface area contributed by atoms with E-state index < -0.39 is 33.8 Å². The quantitative estimate of drug-likeness (QED) is 0.167. The molecule has 4 rings (SSSR count). The SMILES string of the molecule is CCC[Si](C)(C)O[Si](O[Si](O[Si](C)(C)CC)(c1ccccc1)c1ccccc1)(c1ccccc1)c1ccccc1. The summed E-state index contributed by atoms with van der Waals surface area (Å²) in [7, 11) is -10.9. The Morgan fingerprint density at radius 3 is 1.00 bits per heavy atom. The van der Waals surface area contributed by atoms with Gasteiger partial charge in [-0.25, -0.2) is 0 Å². The van der Waals surface area contributed by atoms with E-state index in [4.69, 9.17) is 12.3 Å². The number of rotatable bonds is 13. The van der Waals surface area contributed by atoms with Crippen molar-refractivity contribution in [2.75, 3.05) is 0 Å². The van der Waals surface area contributed by atoms with Crippen molar-refractivity contribution >= 4 is 54.5 Å². The monoisotopic (exact) mass is 600 g/mol. The van der Waals surface area contributed by atoms with Crippen LogP contribution in [0, 0.1) is 0 Å². The Kier molecular flexibility index (Phi) is 10.00. The van der Waals surface area contributed by atoms with Crippen molar-refractivity contribution in [3.63, 3.8) is 0 Å². The first-order valence-electron chi connectivity index (χ1n) is 14.5. The highest BCUT2D eigenvalue weighted by molar-refractivity contribution is 7.08. The minimum Gasteiger partial charge on any atom is -0.430 e. The second-order valence-corrected chi connectivity index (χ2v) is 27.1. The molecule has 3 nitrogen and oxygen atoms in total. The van der Waals surface area contributed by atoms with Gasteiger partial charge in [0.05, 0.1) is 0 Å². The molecule has 4 aromatic carbocycles. The molecule has 0 aromatic heterocycles. The number of hydrogen-bond acceptors (Lipinski definition) is 3. The van der Waals surface area contributed by atoms with Gasteiger partial charge in [-0.15, -0.1) is 0 Å². The van der Waals surface area contributed by atoms with Gasteiger partial charge in [0.25, 0.3) is 0 Å². The van der Waals surface area contributed by atoms with Crippen LogP contribution in [-0.2, 0) is 12.3 Å². The van der Waals surface area contributed by atoms with E-state index >= 15 is 0 Å². The van der Waals surface area contributed by atoms with Crippen molar-refractivity contribution in [3.8, 4) is 0 Å². The van der Waals surface area contributed by atoms with Gasteiger partial charge in [-0.05, 0) is 59.0 Å². The lowest BCUT2D eigenvalue weighted by Gasteiger charge is -2.47. The van der Waals surface area contributed by atoms with Gasteiger partial charge in [-0.1, -0.05) is 142 Å². The van der Waals surface area contributed by atoms with E-state index in [0.717, 1.165) is 39.3 Å². The van der Waals surface area contributed by atoms with Gasteiger partial charge in [0.1, 0.15) is 0 Å².